The smallest absolute Gasteiger partial charge is 0.407 e. The first-order chi connectivity index (χ1) is 14.3. The third-order valence-electron chi connectivity index (χ3n) is 4.83. The van der Waals surface area contributed by atoms with E-state index in [1.165, 1.54) is 4.68 Å². The number of hydrogen-bond acceptors (Lipinski definition) is 6. The summed E-state index contributed by atoms with van der Waals surface area (Å²) in [7, 11) is 3.22. The topological polar surface area (TPSA) is 123 Å². The molecule has 0 bridgehead atoms. The lowest BCUT2D eigenvalue weighted by molar-refractivity contribution is 0.0593. The molecular weight excluding hydrogens is 395 g/mol. The quantitative estimate of drug-likeness (QED) is 0.629. The van der Waals surface area contributed by atoms with E-state index in [0.717, 1.165) is 0 Å². The molecule has 1 aliphatic carbocycles. The van der Waals surface area contributed by atoms with E-state index in [0.29, 0.717) is 35.9 Å². The monoisotopic (exact) mass is 422 g/mol. The summed E-state index contributed by atoms with van der Waals surface area (Å²) in [4.78, 5) is 24.3. The Morgan fingerprint density at radius 3 is 2.83 bits per heavy atom. The van der Waals surface area contributed by atoms with Crippen LogP contribution >= 0.6 is 0 Å². The van der Waals surface area contributed by atoms with Gasteiger partial charge >= 0.3 is 6.09 Å². The van der Waals surface area contributed by atoms with Crippen molar-refractivity contribution in [1.29, 1.82) is 0 Å². The SMILES string of the molecule is COCc1cc(C(=O)Nc2cc([C@@H]3C[C@H](OC(=O)NC(C)C)[C@@H](F)C3)[nH]n2)n(C)n1. The zero-order valence-electron chi connectivity index (χ0n) is 17.4. The van der Waals surface area contributed by atoms with Gasteiger partial charge in [-0.3, -0.25) is 14.6 Å². The van der Waals surface area contributed by atoms with E-state index in [1.54, 1.807) is 40.1 Å². The lowest BCUT2D eigenvalue weighted by Gasteiger charge is -2.16. The van der Waals surface area contributed by atoms with Crippen LogP contribution in [0.4, 0.5) is 15.0 Å². The molecule has 0 spiro atoms. The molecule has 3 rings (SSSR count). The van der Waals surface area contributed by atoms with E-state index in [4.69, 9.17) is 9.47 Å². The fraction of sp³-hybridized carbons (Fsp3) is 0.579. The number of carbonyl (C=O) groups excluding carboxylic acids is 2. The van der Waals surface area contributed by atoms with Gasteiger partial charge in [-0.15, -0.1) is 0 Å². The Balaban J connectivity index is 1.60. The fourth-order valence-corrected chi connectivity index (χ4v) is 3.48. The Morgan fingerprint density at radius 2 is 2.13 bits per heavy atom. The first-order valence-corrected chi connectivity index (χ1v) is 9.76. The lowest BCUT2D eigenvalue weighted by atomic mass is 10.0. The maximum Gasteiger partial charge on any atom is 0.407 e. The molecule has 2 amide bonds. The van der Waals surface area contributed by atoms with Crippen LogP contribution in [-0.4, -0.2) is 57.4 Å². The van der Waals surface area contributed by atoms with Gasteiger partial charge in [0.25, 0.3) is 5.91 Å². The van der Waals surface area contributed by atoms with Crippen molar-refractivity contribution < 1.29 is 23.5 Å². The van der Waals surface area contributed by atoms with Crippen LogP contribution < -0.4 is 10.6 Å². The number of alkyl halides is 1. The standard InChI is InChI=1S/C19H27FN6O4/c1-10(2)21-19(28)30-16-6-11(5-13(16)20)14-8-17(24-23-14)22-18(27)15-7-12(9-29-4)25-26(15)3/h7-8,10-11,13,16H,5-6,9H2,1-4H3,(H,21,28)(H2,22,23,24,27)/t11-,13-,16-/m0/s1. The Hall–Kier alpha value is -2.95. The largest absolute Gasteiger partial charge is 0.443 e. The first-order valence-electron chi connectivity index (χ1n) is 9.76. The Morgan fingerprint density at radius 1 is 1.37 bits per heavy atom. The van der Waals surface area contributed by atoms with Crippen LogP contribution in [0.1, 0.15) is 54.5 Å². The highest BCUT2D eigenvalue weighted by atomic mass is 19.1. The first kappa shape index (κ1) is 21.8. The maximum absolute atomic E-state index is 14.3. The van der Waals surface area contributed by atoms with Crippen LogP contribution in [-0.2, 0) is 23.1 Å². The van der Waals surface area contributed by atoms with Gasteiger partial charge in [0, 0.05) is 37.9 Å². The van der Waals surface area contributed by atoms with Gasteiger partial charge in [0.1, 0.15) is 18.0 Å². The molecule has 30 heavy (non-hydrogen) atoms. The van der Waals surface area contributed by atoms with Crippen LogP contribution in [0.5, 0.6) is 0 Å². The molecule has 2 aromatic heterocycles. The molecule has 0 unspecified atom stereocenters. The van der Waals surface area contributed by atoms with E-state index in [1.807, 2.05) is 0 Å². The normalized spacial score (nSPS) is 21.1. The fourth-order valence-electron chi connectivity index (χ4n) is 3.48. The van der Waals surface area contributed by atoms with Crippen LogP contribution in [0.2, 0.25) is 0 Å². The van der Waals surface area contributed by atoms with Crippen molar-refractivity contribution in [1.82, 2.24) is 25.3 Å². The minimum absolute atomic E-state index is 0.0865. The molecule has 0 saturated heterocycles. The van der Waals surface area contributed by atoms with Gasteiger partial charge < -0.3 is 20.1 Å². The molecule has 1 saturated carbocycles. The number of H-pyrrole nitrogens is 1. The van der Waals surface area contributed by atoms with Crippen LogP contribution in [0.15, 0.2) is 12.1 Å². The molecule has 0 aliphatic heterocycles. The second kappa shape index (κ2) is 9.24. The molecule has 0 radical (unpaired) electrons. The van der Waals surface area contributed by atoms with E-state index in [9.17, 15) is 14.0 Å². The number of amides is 2. The van der Waals surface area contributed by atoms with Crippen molar-refractivity contribution in [3.05, 3.63) is 29.2 Å². The Labute approximate surface area is 173 Å². The van der Waals surface area contributed by atoms with Crippen molar-refractivity contribution in [2.75, 3.05) is 12.4 Å². The zero-order chi connectivity index (χ0) is 21.8. The number of nitrogens with one attached hydrogen (secondary N) is 3. The Bertz CT molecular complexity index is 895. The molecule has 2 heterocycles. The Kier molecular flexibility index (Phi) is 6.70. The highest BCUT2D eigenvalue weighted by Gasteiger charge is 2.38. The summed E-state index contributed by atoms with van der Waals surface area (Å²) in [6, 6.07) is 3.22. The van der Waals surface area contributed by atoms with Gasteiger partial charge in [-0.25, -0.2) is 9.18 Å². The number of ether oxygens (including phenoxy) is 2. The van der Waals surface area contributed by atoms with Gasteiger partial charge in [0.05, 0.1) is 12.3 Å². The number of anilines is 1. The number of alkyl carbamates (subject to hydrolysis) is 1. The molecule has 3 atom stereocenters. The lowest BCUT2D eigenvalue weighted by Crippen LogP contribution is -2.35. The number of methoxy groups -OCH3 is 1. The molecule has 3 N–H and O–H groups in total. The number of aromatic nitrogens is 4. The van der Waals surface area contributed by atoms with Gasteiger partial charge in [-0.1, -0.05) is 0 Å². The van der Waals surface area contributed by atoms with Crippen molar-refractivity contribution in [3.8, 4) is 0 Å². The van der Waals surface area contributed by atoms with E-state index in [-0.39, 0.29) is 24.3 Å². The zero-order valence-corrected chi connectivity index (χ0v) is 17.4. The minimum atomic E-state index is -1.26. The summed E-state index contributed by atoms with van der Waals surface area (Å²) in [6.07, 6.45) is -2.16. The number of carbonyl (C=O) groups is 2. The number of halogens is 1. The van der Waals surface area contributed by atoms with Gasteiger partial charge in [0.15, 0.2) is 5.82 Å². The molecule has 11 heteroatoms. The second-order valence-corrected chi connectivity index (χ2v) is 7.67. The van der Waals surface area contributed by atoms with Crippen molar-refractivity contribution in [2.45, 2.75) is 57.5 Å². The third-order valence-corrected chi connectivity index (χ3v) is 4.83. The van der Waals surface area contributed by atoms with Crippen LogP contribution in [0.25, 0.3) is 0 Å². The highest BCUT2D eigenvalue weighted by Crippen LogP contribution is 2.37. The third kappa shape index (κ3) is 5.15. The van der Waals surface area contributed by atoms with Gasteiger partial charge in [-0.2, -0.15) is 10.2 Å². The maximum atomic E-state index is 14.3. The molecule has 164 valence electrons. The van der Waals surface area contributed by atoms with E-state index < -0.39 is 18.4 Å². The van der Waals surface area contributed by atoms with Gasteiger partial charge in [0.2, 0.25) is 0 Å². The minimum Gasteiger partial charge on any atom is -0.443 e. The number of aryl methyl sites for hydroxylation is 1. The average molecular weight is 422 g/mol. The summed E-state index contributed by atoms with van der Waals surface area (Å²) in [6.45, 7) is 3.91. The van der Waals surface area contributed by atoms with Crippen molar-refractivity contribution in [3.63, 3.8) is 0 Å². The summed E-state index contributed by atoms with van der Waals surface area (Å²) in [5, 5.41) is 16.4. The summed E-state index contributed by atoms with van der Waals surface area (Å²) in [5.41, 5.74) is 1.68. The second-order valence-electron chi connectivity index (χ2n) is 7.67. The molecule has 2 aromatic rings. The highest BCUT2D eigenvalue weighted by molar-refractivity contribution is 6.02. The molecule has 0 aromatic carbocycles. The average Bonchev–Trinajstić information content (AvgIpc) is 3.34. The predicted molar refractivity (Wildman–Crippen MR) is 106 cm³/mol. The number of rotatable bonds is 7. The molecular formula is C19H27FN6O4. The number of hydrogen-bond donors (Lipinski definition) is 3. The molecule has 10 nitrogen and oxygen atoms in total. The van der Waals surface area contributed by atoms with E-state index in [2.05, 4.69) is 25.9 Å². The van der Waals surface area contributed by atoms with Crippen molar-refractivity contribution in [2.24, 2.45) is 7.05 Å². The van der Waals surface area contributed by atoms with Crippen molar-refractivity contribution >= 4 is 17.8 Å². The van der Waals surface area contributed by atoms with Crippen LogP contribution in [0.3, 0.4) is 0 Å². The predicted octanol–water partition coefficient (Wildman–Crippen LogP) is 2.26. The summed E-state index contributed by atoms with van der Waals surface area (Å²) in [5.74, 6) is -0.242. The number of nitrogens with zero attached hydrogens (tertiary/aromatic N) is 3. The van der Waals surface area contributed by atoms with Gasteiger partial charge in [-0.05, 0) is 32.8 Å². The molecule has 1 aliphatic rings. The van der Waals surface area contributed by atoms with Crippen LogP contribution in [0, 0.1) is 0 Å². The molecule has 1 fully saturated rings. The van der Waals surface area contributed by atoms with E-state index >= 15 is 0 Å². The summed E-state index contributed by atoms with van der Waals surface area (Å²) >= 11 is 0. The number of aromatic amines is 1. The summed E-state index contributed by atoms with van der Waals surface area (Å²) < 4.78 is 26.0.